The molecule has 0 aromatic heterocycles. The van der Waals surface area contributed by atoms with Gasteiger partial charge in [0.2, 0.25) is 0 Å². The summed E-state index contributed by atoms with van der Waals surface area (Å²) >= 11 is 0. The van der Waals surface area contributed by atoms with Gasteiger partial charge in [-0.3, -0.25) is 0 Å². The fraction of sp³-hybridized carbons (Fsp3) is 1.00. The summed E-state index contributed by atoms with van der Waals surface area (Å²) in [5.41, 5.74) is 0.336. The molecule has 0 amide bonds. The summed E-state index contributed by atoms with van der Waals surface area (Å²) in [7, 11) is 2.22. The van der Waals surface area contributed by atoms with Crippen LogP contribution in [0.3, 0.4) is 0 Å². The van der Waals surface area contributed by atoms with Gasteiger partial charge in [-0.2, -0.15) is 0 Å². The predicted octanol–water partition coefficient (Wildman–Crippen LogP) is 0.811. The standard InChI is InChI=1S/C12H25N3/c1-12(2)8-11(9-13-12)14-10-4-6-15(3)7-5-10/h10-11,13-14H,4-9H2,1-3H3. The molecule has 1 unspecified atom stereocenters. The maximum absolute atomic E-state index is 3.80. The highest BCUT2D eigenvalue weighted by Gasteiger charge is 2.31. The summed E-state index contributed by atoms with van der Waals surface area (Å²) in [6, 6.07) is 1.44. The molecule has 0 aromatic carbocycles. The minimum absolute atomic E-state index is 0.336. The lowest BCUT2D eigenvalue weighted by atomic mass is 9.99. The molecule has 0 saturated carbocycles. The van der Waals surface area contributed by atoms with Gasteiger partial charge in [0.1, 0.15) is 0 Å². The first-order valence-corrected chi connectivity index (χ1v) is 6.25. The van der Waals surface area contributed by atoms with Gasteiger partial charge in [-0.15, -0.1) is 0 Å². The molecule has 0 spiro atoms. The summed E-state index contributed by atoms with van der Waals surface area (Å²) in [5.74, 6) is 0. The Hall–Kier alpha value is -0.120. The number of nitrogens with one attached hydrogen (secondary N) is 2. The van der Waals surface area contributed by atoms with Crippen molar-refractivity contribution in [2.45, 2.75) is 50.7 Å². The lowest BCUT2D eigenvalue weighted by Gasteiger charge is -2.31. The molecule has 1 atom stereocenters. The normalized spacial score (nSPS) is 33.4. The molecule has 3 heteroatoms. The van der Waals surface area contributed by atoms with Crippen LogP contribution in [0.25, 0.3) is 0 Å². The summed E-state index contributed by atoms with van der Waals surface area (Å²) in [6.45, 7) is 8.23. The van der Waals surface area contributed by atoms with Crippen LogP contribution in [-0.4, -0.2) is 49.2 Å². The number of hydrogen-bond donors (Lipinski definition) is 2. The Labute approximate surface area is 93.6 Å². The fourth-order valence-corrected chi connectivity index (χ4v) is 2.79. The lowest BCUT2D eigenvalue weighted by molar-refractivity contribution is 0.225. The van der Waals surface area contributed by atoms with Crippen LogP contribution in [0.1, 0.15) is 33.1 Å². The topological polar surface area (TPSA) is 27.3 Å². The van der Waals surface area contributed by atoms with Crippen molar-refractivity contribution in [1.29, 1.82) is 0 Å². The molecule has 0 aliphatic carbocycles. The molecule has 88 valence electrons. The molecule has 2 saturated heterocycles. The quantitative estimate of drug-likeness (QED) is 0.708. The van der Waals surface area contributed by atoms with Crippen LogP contribution in [0, 0.1) is 0 Å². The molecule has 0 bridgehead atoms. The Morgan fingerprint density at radius 2 is 1.87 bits per heavy atom. The second-order valence-electron chi connectivity index (χ2n) is 5.91. The predicted molar refractivity (Wildman–Crippen MR) is 64.1 cm³/mol. The van der Waals surface area contributed by atoms with Crippen LogP contribution in [-0.2, 0) is 0 Å². The highest BCUT2D eigenvalue weighted by molar-refractivity contribution is 4.94. The van der Waals surface area contributed by atoms with Crippen LogP contribution < -0.4 is 10.6 Å². The largest absolute Gasteiger partial charge is 0.310 e. The minimum Gasteiger partial charge on any atom is -0.310 e. The van der Waals surface area contributed by atoms with Crippen molar-refractivity contribution in [3.63, 3.8) is 0 Å². The lowest BCUT2D eigenvalue weighted by Crippen LogP contribution is -2.45. The Kier molecular flexibility index (Phi) is 3.33. The van der Waals surface area contributed by atoms with E-state index < -0.39 is 0 Å². The molecule has 2 heterocycles. The monoisotopic (exact) mass is 211 g/mol. The van der Waals surface area contributed by atoms with Gasteiger partial charge in [-0.05, 0) is 53.2 Å². The molecule has 0 radical (unpaired) electrons. The van der Waals surface area contributed by atoms with Crippen LogP contribution >= 0.6 is 0 Å². The third-order valence-electron chi connectivity index (χ3n) is 3.77. The van der Waals surface area contributed by atoms with Crippen molar-refractivity contribution in [1.82, 2.24) is 15.5 Å². The van der Waals surface area contributed by atoms with Gasteiger partial charge in [0.15, 0.2) is 0 Å². The van der Waals surface area contributed by atoms with Crippen molar-refractivity contribution in [3.8, 4) is 0 Å². The van der Waals surface area contributed by atoms with E-state index in [1.54, 1.807) is 0 Å². The number of likely N-dealkylation sites (tertiary alicyclic amines) is 1. The maximum atomic E-state index is 3.80. The van der Waals surface area contributed by atoms with Crippen LogP contribution in [0.5, 0.6) is 0 Å². The van der Waals surface area contributed by atoms with E-state index in [4.69, 9.17) is 0 Å². The fourth-order valence-electron chi connectivity index (χ4n) is 2.79. The van der Waals surface area contributed by atoms with Gasteiger partial charge in [0.25, 0.3) is 0 Å². The molecule has 3 nitrogen and oxygen atoms in total. The van der Waals surface area contributed by atoms with Gasteiger partial charge in [0.05, 0.1) is 0 Å². The van der Waals surface area contributed by atoms with E-state index in [9.17, 15) is 0 Å². The zero-order valence-electron chi connectivity index (χ0n) is 10.3. The number of hydrogen-bond acceptors (Lipinski definition) is 3. The summed E-state index contributed by atoms with van der Waals surface area (Å²) < 4.78 is 0. The summed E-state index contributed by atoms with van der Waals surface area (Å²) in [5, 5.41) is 7.38. The van der Waals surface area contributed by atoms with Gasteiger partial charge < -0.3 is 15.5 Å². The molecule has 2 N–H and O–H groups in total. The maximum Gasteiger partial charge on any atom is 0.0212 e. The van der Waals surface area contributed by atoms with Crippen molar-refractivity contribution < 1.29 is 0 Å². The zero-order chi connectivity index (χ0) is 10.9. The smallest absolute Gasteiger partial charge is 0.0212 e. The Morgan fingerprint density at radius 3 is 2.40 bits per heavy atom. The number of nitrogens with zero attached hydrogens (tertiary/aromatic N) is 1. The van der Waals surface area contributed by atoms with E-state index >= 15 is 0 Å². The van der Waals surface area contributed by atoms with Gasteiger partial charge in [-0.1, -0.05) is 0 Å². The summed E-state index contributed by atoms with van der Waals surface area (Å²) in [6.07, 6.45) is 3.89. The second kappa shape index (κ2) is 4.40. The van der Waals surface area contributed by atoms with Gasteiger partial charge in [-0.25, -0.2) is 0 Å². The summed E-state index contributed by atoms with van der Waals surface area (Å²) in [4.78, 5) is 2.43. The second-order valence-corrected chi connectivity index (χ2v) is 5.91. The molecular formula is C12H25N3. The average Bonchev–Trinajstić information content (AvgIpc) is 2.50. The van der Waals surface area contributed by atoms with Crippen molar-refractivity contribution in [3.05, 3.63) is 0 Å². The van der Waals surface area contributed by atoms with Crippen LogP contribution in [0.4, 0.5) is 0 Å². The molecule has 2 aliphatic heterocycles. The third kappa shape index (κ3) is 3.16. The average molecular weight is 211 g/mol. The first kappa shape index (κ1) is 11.4. The van der Waals surface area contributed by atoms with Crippen LogP contribution in [0.2, 0.25) is 0 Å². The van der Waals surface area contributed by atoms with E-state index in [1.807, 2.05) is 0 Å². The van der Waals surface area contributed by atoms with Crippen molar-refractivity contribution in [2.75, 3.05) is 26.7 Å². The molecule has 2 fully saturated rings. The van der Waals surface area contributed by atoms with E-state index in [0.717, 1.165) is 12.6 Å². The first-order valence-electron chi connectivity index (χ1n) is 6.25. The SMILES string of the molecule is CN1CCC(NC2CNC(C)(C)C2)CC1. The zero-order valence-corrected chi connectivity index (χ0v) is 10.3. The van der Waals surface area contributed by atoms with Crippen molar-refractivity contribution in [2.24, 2.45) is 0 Å². The molecule has 0 aromatic rings. The number of rotatable bonds is 2. The molecule has 2 rings (SSSR count). The van der Waals surface area contributed by atoms with Crippen LogP contribution in [0.15, 0.2) is 0 Å². The highest BCUT2D eigenvalue weighted by atomic mass is 15.1. The van der Waals surface area contributed by atoms with Gasteiger partial charge in [0, 0.05) is 24.2 Å². The molecule has 2 aliphatic rings. The van der Waals surface area contributed by atoms with E-state index in [0.29, 0.717) is 11.6 Å². The first-order chi connectivity index (χ1) is 7.05. The third-order valence-corrected chi connectivity index (χ3v) is 3.77. The Bertz CT molecular complexity index is 207. The van der Waals surface area contributed by atoms with E-state index in [1.165, 1.54) is 32.4 Å². The minimum atomic E-state index is 0.336. The Balaban J connectivity index is 1.74. The number of piperidine rings is 1. The highest BCUT2D eigenvalue weighted by Crippen LogP contribution is 2.19. The molecule has 15 heavy (non-hydrogen) atoms. The van der Waals surface area contributed by atoms with Crippen molar-refractivity contribution >= 4 is 0 Å². The molecular weight excluding hydrogens is 186 g/mol. The Morgan fingerprint density at radius 1 is 1.20 bits per heavy atom. The van der Waals surface area contributed by atoms with E-state index in [2.05, 4.69) is 36.4 Å². The van der Waals surface area contributed by atoms with Gasteiger partial charge >= 0.3 is 0 Å². The van der Waals surface area contributed by atoms with E-state index in [-0.39, 0.29) is 0 Å².